The van der Waals surface area contributed by atoms with Gasteiger partial charge in [0.15, 0.2) is 0 Å². The molecule has 4 nitrogen and oxygen atoms in total. The first-order valence-electron chi connectivity index (χ1n) is 5.19. The van der Waals surface area contributed by atoms with Crippen molar-refractivity contribution in [2.75, 3.05) is 25.0 Å². The van der Waals surface area contributed by atoms with Crippen molar-refractivity contribution >= 4 is 5.82 Å². The van der Waals surface area contributed by atoms with E-state index in [9.17, 15) is 0 Å². The second-order valence-electron chi connectivity index (χ2n) is 3.78. The lowest BCUT2D eigenvalue weighted by molar-refractivity contribution is 0.614. The summed E-state index contributed by atoms with van der Waals surface area (Å²) in [5.74, 6) is 1.47. The smallest absolute Gasteiger partial charge is 0.127 e. The lowest BCUT2D eigenvalue weighted by Crippen LogP contribution is -2.17. The Balaban J connectivity index is 1.90. The third kappa shape index (κ3) is 2.67. The Morgan fingerprint density at radius 1 is 1.67 bits per heavy atom. The summed E-state index contributed by atoms with van der Waals surface area (Å²) in [5.41, 5.74) is 0.650. The van der Waals surface area contributed by atoms with Crippen LogP contribution in [0.4, 0.5) is 5.82 Å². The summed E-state index contributed by atoms with van der Waals surface area (Å²) in [6.45, 7) is 3.11. The standard InChI is InChI=1S/C11H14N4/c12-6-9-2-4-14-11(5-9)15-8-10-1-3-13-7-10/h2,4-5,10,13H,1,3,7-8H2,(H,14,15)/t10-/m0/s1. The topological polar surface area (TPSA) is 60.7 Å². The Labute approximate surface area is 89.3 Å². The number of anilines is 1. The van der Waals surface area contributed by atoms with Crippen LogP contribution >= 0.6 is 0 Å². The van der Waals surface area contributed by atoms with Crippen LogP contribution < -0.4 is 10.6 Å². The average molecular weight is 202 g/mol. The van der Waals surface area contributed by atoms with Crippen molar-refractivity contribution in [2.24, 2.45) is 5.92 Å². The average Bonchev–Trinajstić information content (AvgIpc) is 2.79. The second kappa shape index (κ2) is 4.76. The van der Waals surface area contributed by atoms with Crippen molar-refractivity contribution in [3.63, 3.8) is 0 Å². The van der Waals surface area contributed by atoms with Crippen molar-refractivity contribution in [3.8, 4) is 6.07 Å². The minimum absolute atomic E-state index is 0.650. The van der Waals surface area contributed by atoms with Gasteiger partial charge >= 0.3 is 0 Å². The second-order valence-corrected chi connectivity index (χ2v) is 3.78. The molecule has 0 saturated carbocycles. The number of rotatable bonds is 3. The molecule has 0 aliphatic carbocycles. The normalized spacial score (nSPS) is 19.8. The van der Waals surface area contributed by atoms with Crippen LogP contribution in [0.1, 0.15) is 12.0 Å². The van der Waals surface area contributed by atoms with Crippen molar-refractivity contribution in [2.45, 2.75) is 6.42 Å². The van der Waals surface area contributed by atoms with Crippen LogP contribution in [-0.2, 0) is 0 Å². The van der Waals surface area contributed by atoms with Gasteiger partial charge < -0.3 is 10.6 Å². The van der Waals surface area contributed by atoms with E-state index in [-0.39, 0.29) is 0 Å². The maximum Gasteiger partial charge on any atom is 0.127 e. The van der Waals surface area contributed by atoms with Gasteiger partial charge in [-0.15, -0.1) is 0 Å². The molecule has 1 atom stereocenters. The van der Waals surface area contributed by atoms with Gasteiger partial charge in [0.25, 0.3) is 0 Å². The van der Waals surface area contributed by atoms with Crippen LogP contribution in [-0.4, -0.2) is 24.6 Å². The third-order valence-corrected chi connectivity index (χ3v) is 2.62. The monoisotopic (exact) mass is 202 g/mol. The molecule has 2 rings (SSSR count). The van der Waals surface area contributed by atoms with Crippen LogP contribution in [0, 0.1) is 17.2 Å². The zero-order valence-electron chi connectivity index (χ0n) is 8.53. The molecule has 2 N–H and O–H groups in total. The van der Waals surface area contributed by atoms with Gasteiger partial charge in [0.2, 0.25) is 0 Å². The van der Waals surface area contributed by atoms with E-state index in [1.807, 2.05) is 0 Å². The lowest BCUT2D eigenvalue weighted by atomic mass is 10.1. The van der Waals surface area contributed by atoms with Gasteiger partial charge in [0.1, 0.15) is 5.82 Å². The van der Waals surface area contributed by atoms with E-state index >= 15 is 0 Å². The highest BCUT2D eigenvalue weighted by Crippen LogP contribution is 2.10. The van der Waals surface area contributed by atoms with Gasteiger partial charge in [0, 0.05) is 12.7 Å². The first-order chi connectivity index (χ1) is 7.38. The van der Waals surface area contributed by atoms with Gasteiger partial charge in [-0.25, -0.2) is 4.98 Å². The summed E-state index contributed by atoms with van der Waals surface area (Å²) in [4.78, 5) is 4.17. The number of hydrogen-bond donors (Lipinski definition) is 2. The predicted octanol–water partition coefficient (Wildman–Crippen LogP) is 0.975. The Morgan fingerprint density at radius 3 is 3.33 bits per heavy atom. The minimum atomic E-state index is 0.650. The number of aromatic nitrogens is 1. The van der Waals surface area contributed by atoms with Crippen molar-refractivity contribution in [3.05, 3.63) is 23.9 Å². The minimum Gasteiger partial charge on any atom is -0.370 e. The molecular weight excluding hydrogens is 188 g/mol. The summed E-state index contributed by atoms with van der Waals surface area (Å²) in [6.07, 6.45) is 2.87. The summed E-state index contributed by atoms with van der Waals surface area (Å²) < 4.78 is 0. The first-order valence-corrected chi connectivity index (χ1v) is 5.19. The number of nitriles is 1. The van der Waals surface area contributed by atoms with E-state index in [1.54, 1.807) is 18.3 Å². The van der Waals surface area contributed by atoms with E-state index in [0.29, 0.717) is 11.5 Å². The van der Waals surface area contributed by atoms with Gasteiger partial charge in [-0.2, -0.15) is 5.26 Å². The molecule has 0 aromatic carbocycles. The number of nitrogens with one attached hydrogen (secondary N) is 2. The Hall–Kier alpha value is -1.60. The predicted molar refractivity (Wildman–Crippen MR) is 58.4 cm³/mol. The van der Waals surface area contributed by atoms with E-state index < -0.39 is 0 Å². The maximum absolute atomic E-state index is 8.73. The molecule has 1 aliphatic rings. The van der Waals surface area contributed by atoms with Crippen molar-refractivity contribution < 1.29 is 0 Å². The molecular formula is C11H14N4. The quantitative estimate of drug-likeness (QED) is 0.767. The van der Waals surface area contributed by atoms with Crippen molar-refractivity contribution in [1.29, 1.82) is 5.26 Å². The first kappa shape index (κ1) is 9.94. The molecule has 78 valence electrons. The zero-order chi connectivity index (χ0) is 10.5. The molecule has 0 unspecified atom stereocenters. The van der Waals surface area contributed by atoms with Crippen LogP contribution in [0.15, 0.2) is 18.3 Å². The molecule has 0 amide bonds. The fraction of sp³-hybridized carbons (Fsp3) is 0.455. The number of nitrogens with zero attached hydrogens (tertiary/aromatic N) is 2. The van der Waals surface area contributed by atoms with E-state index in [1.165, 1.54) is 6.42 Å². The molecule has 1 aromatic rings. The molecule has 0 radical (unpaired) electrons. The van der Waals surface area contributed by atoms with E-state index in [0.717, 1.165) is 25.5 Å². The highest BCUT2D eigenvalue weighted by Gasteiger charge is 2.13. The number of hydrogen-bond acceptors (Lipinski definition) is 4. The zero-order valence-corrected chi connectivity index (χ0v) is 8.53. The molecule has 0 spiro atoms. The van der Waals surface area contributed by atoms with Crippen LogP contribution in [0.3, 0.4) is 0 Å². The molecule has 15 heavy (non-hydrogen) atoms. The van der Waals surface area contributed by atoms with Crippen LogP contribution in [0.25, 0.3) is 0 Å². The fourth-order valence-corrected chi connectivity index (χ4v) is 1.73. The molecule has 2 heterocycles. The van der Waals surface area contributed by atoms with Crippen LogP contribution in [0.2, 0.25) is 0 Å². The van der Waals surface area contributed by atoms with Gasteiger partial charge in [0.05, 0.1) is 11.6 Å². The van der Waals surface area contributed by atoms with E-state index in [4.69, 9.17) is 5.26 Å². The summed E-state index contributed by atoms with van der Waals surface area (Å²) in [6, 6.07) is 5.59. The van der Waals surface area contributed by atoms with Gasteiger partial charge in [-0.05, 0) is 37.6 Å². The molecule has 0 bridgehead atoms. The Morgan fingerprint density at radius 2 is 2.60 bits per heavy atom. The largest absolute Gasteiger partial charge is 0.370 e. The lowest BCUT2D eigenvalue weighted by Gasteiger charge is -2.10. The fourth-order valence-electron chi connectivity index (χ4n) is 1.73. The molecule has 4 heteroatoms. The van der Waals surface area contributed by atoms with Gasteiger partial charge in [-0.1, -0.05) is 0 Å². The summed E-state index contributed by atoms with van der Waals surface area (Å²) in [5, 5.41) is 15.3. The van der Waals surface area contributed by atoms with Crippen LogP contribution in [0.5, 0.6) is 0 Å². The van der Waals surface area contributed by atoms with E-state index in [2.05, 4.69) is 21.7 Å². The SMILES string of the molecule is N#Cc1ccnc(NC[C@H]2CCNC2)c1. The summed E-state index contributed by atoms with van der Waals surface area (Å²) in [7, 11) is 0. The number of pyridine rings is 1. The van der Waals surface area contributed by atoms with Crippen molar-refractivity contribution in [1.82, 2.24) is 10.3 Å². The molecule has 1 aromatic heterocycles. The Kier molecular flexibility index (Phi) is 3.15. The highest BCUT2D eigenvalue weighted by molar-refractivity contribution is 5.42. The molecule has 1 aliphatic heterocycles. The third-order valence-electron chi connectivity index (χ3n) is 2.62. The van der Waals surface area contributed by atoms with Gasteiger partial charge in [-0.3, -0.25) is 0 Å². The highest BCUT2D eigenvalue weighted by atomic mass is 15.0. The summed E-state index contributed by atoms with van der Waals surface area (Å²) >= 11 is 0. The Bertz CT molecular complexity index is 363. The maximum atomic E-state index is 8.73. The molecule has 1 saturated heterocycles. The molecule has 1 fully saturated rings.